The SMILES string of the molecule is Cc1cc(Cn2c(C(C)Cl)nc3cc(Br)c(F)cc32)on1. The molecular weight excluding hydrogens is 361 g/mol. The second-order valence-corrected chi connectivity index (χ2v) is 6.37. The van der Waals surface area contributed by atoms with Crippen molar-refractivity contribution in [2.45, 2.75) is 25.8 Å². The van der Waals surface area contributed by atoms with E-state index in [-0.39, 0.29) is 11.2 Å². The summed E-state index contributed by atoms with van der Waals surface area (Å²) in [7, 11) is 0. The van der Waals surface area contributed by atoms with Crippen molar-refractivity contribution < 1.29 is 8.91 Å². The maximum atomic E-state index is 13.8. The lowest BCUT2D eigenvalue weighted by Crippen LogP contribution is -2.05. The number of hydrogen-bond donors (Lipinski definition) is 0. The van der Waals surface area contributed by atoms with Crippen LogP contribution < -0.4 is 0 Å². The topological polar surface area (TPSA) is 43.9 Å². The third kappa shape index (κ3) is 2.70. The maximum Gasteiger partial charge on any atom is 0.156 e. The molecule has 0 saturated heterocycles. The lowest BCUT2D eigenvalue weighted by Gasteiger charge is -2.08. The molecule has 0 aliphatic heterocycles. The average molecular weight is 373 g/mol. The molecular formula is C14H12BrClFN3O. The number of aromatic nitrogens is 3. The summed E-state index contributed by atoms with van der Waals surface area (Å²) in [4.78, 5) is 4.49. The van der Waals surface area contributed by atoms with Gasteiger partial charge in [0.15, 0.2) is 5.76 Å². The summed E-state index contributed by atoms with van der Waals surface area (Å²) in [5, 5.41) is 3.56. The molecule has 1 atom stereocenters. The minimum absolute atomic E-state index is 0.303. The molecule has 0 aliphatic rings. The van der Waals surface area contributed by atoms with Crippen LogP contribution in [0.25, 0.3) is 11.0 Å². The smallest absolute Gasteiger partial charge is 0.156 e. The van der Waals surface area contributed by atoms with Gasteiger partial charge in [0.1, 0.15) is 11.6 Å². The lowest BCUT2D eigenvalue weighted by atomic mass is 10.3. The Hall–Kier alpha value is -1.40. The van der Waals surface area contributed by atoms with Crippen LogP contribution in [-0.4, -0.2) is 14.7 Å². The first-order valence-corrected chi connectivity index (χ1v) is 7.60. The standard InChI is InChI=1S/C14H12BrClFN3O/c1-7-3-9(21-19-7)6-20-13-5-11(17)10(15)4-12(13)18-14(20)8(2)16/h3-5,8H,6H2,1-2H3. The van der Waals surface area contributed by atoms with E-state index in [1.165, 1.54) is 6.07 Å². The summed E-state index contributed by atoms with van der Waals surface area (Å²) >= 11 is 9.37. The Labute approximate surface area is 134 Å². The van der Waals surface area contributed by atoms with E-state index in [2.05, 4.69) is 26.1 Å². The number of alkyl halides is 1. The Morgan fingerprint density at radius 1 is 1.43 bits per heavy atom. The largest absolute Gasteiger partial charge is 0.359 e. The number of nitrogens with zero attached hydrogens (tertiary/aromatic N) is 3. The van der Waals surface area contributed by atoms with E-state index in [1.54, 1.807) is 6.07 Å². The van der Waals surface area contributed by atoms with Crippen molar-refractivity contribution in [2.24, 2.45) is 0 Å². The second kappa shape index (κ2) is 5.42. The molecule has 0 bridgehead atoms. The number of aryl methyl sites for hydroxylation is 1. The highest BCUT2D eigenvalue weighted by atomic mass is 79.9. The van der Waals surface area contributed by atoms with Gasteiger partial charge in [-0.2, -0.15) is 0 Å². The molecule has 1 unspecified atom stereocenters. The maximum absolute atomic E-state index is 13.8. The minimum atomic E-state index is -0.342. The van der Waals surface area contributed by atoms with Gasteiger partial charge in [0.25, 0.3) is 0 Å². The van der Waals surface area contributed by atoms with Crippen LogP contribution in [0.15, 0.2) is 27.2 Å². The summed E-state index contributed by atoms with van der Waals surface area (Å²) in [5.74, 6) is 0.998. The van der Waals surface area contributed by atoms with Crippen molar-refractivity contribution in [1.29, 1.82) is 0 Å². The van der Waals surface area contributed by atoms with E-state index in [0.717, 1.165) is 5.69 Å². The van der Waals surface area contributed by atoms with Gasteiger partial charge in [-0.15, -0.1) is 11.6 Å². The third-order valence-corrected chi connectivity index (χ3v) is 3.97. The molecule has 0 saturated carbocycles. The van der Waals surface area contributed by atoms with Crippen molar-refractivity contribution in [3.63, 3.8) is 0 Å². The Morgan fingerprint density at radius 2 is 2.19 bits per heavy atom. The number of rotatable bonds is 3. The molecule has 2 aromatic heterocycles. The number of fused-ring (bicyclic) bond motifs is 1. The molecule has 4 nitrogen and oxygen atoms in total. The monoisotopic (exact) mass is 371 g/mol. The van der Waals surface area contributed by atoms with Crippen LogP contribution in [0.1, 0.15) is 29.6 Å². The highest BCUT2D eigenvalue weighted by Crippen LogP contribution is 2.29. The first-order valence-electron chi connectivity index (χ1n) is 6.37. The molecule has 21 heavy (non-hydrogen) atoms. The first-order chi connectivity index (χ1) is 9.95. The Morgan fingerprint density at radius 3 is 2.81 bits per heavy atom. The number of halogens is 3. The normalized spacial score (nSPS) is 13.0. The number of benzene rings is 1. The average Bonchev–Trinajstić information content (AvgIpc) is 2.96. The molecule has 110 valence electrons. The minimum Gasteiger partial charge on any atom is -0.359 e. The Bertz CT molecular complexity index is 812. The first kappa shape index (κ1) is 14.5. The number of imidazole rings is 1. The van der Waals surface area contributed by atoms with E-state index in [4.69, 9.17) is 16.1 Å². The molecule has 0 fully saturated rings. The molecule has 0 aliphatic carbocycles. The fourth-order valence-corrected chi connectivity index (χ4v) is 2.75. The van der Waals surface area contributed by atoms with Crippen molar-refractivity contribution >= 4 is 38.6 Å². The van der Waals surface area contributed by atoms with Gasteiger partial charge in [-0.3, -0.25) is 0 Å². The van der Waals surface area contributed by atoms with Crippen molar-refractivity contribution in [2.75, 3.05) is 0 Å². The van der Waals surface area contributed by atoms with Gasteiger partial charge in [-0.25, -0.2) is 9.37 Å². The van der Waals surface area contributed by atoms with Crippen LogP contribution in [0, 0.1) is 12.7 Å². The van der Waals surface area contributed by atoms with Gasteiger partial charge in [0.2, 0.25) is 0 Å². The van der Waals surface area contributed by atoms with Gasteiger partial charge >= 0.3 is 0 Å². The van der Waals surface area contributed by atoms with Crippen molar-refractivity contribution in [1.82, 2.24) is 14.7 Å². The number of hydrogen-bond acceptors (Lipinski definition) is 3. The third-order valence-electron chi connectivity index (χ3n) is 3.17. The van der Waals surface area contributed by atoms with Gasteiger partial charge in [-0.1, -0.05) is 5.16 Å². The summed E-state index contributed by atoms with van der Waals surface area (Å²) in [6, 6.07) is 4.93. The van der Waals surface area contributed by atoms with Crippen LogP contribution in [0.2, 0.25) is 0 Å². The molecule has 2 heterocycles. The molecule has 1 aromatic carbocycles. The molecule has 7 heteroatoms. The van der Waals surface area contributed by atoms with Crippen LogP contribution in [-0.2, 0) is 6.54 Å². The molecule has 3 rings (SSSR count). The van der Waals surface area contributed by atoms with E-state index in [9.17, 15) is 4.39 Å². The highest BCUT2D eigenvalue weighted by Gasteiger charge is 2.18. The molecule has 3 aromatic rings. The Kier molecular flexibility index (Phi) is 3.75. The summed E-state index contributed by atoms with van der Waals surface area (Å²) in [6.07, 6.45) is 0. The molecule has 0 amide bonds. The fraction of sp³-hybridized carbons (Fsp3) is 0.286. The summed E-state index contributed by atoms with van der Waals surface area (Å²) in [6.45, 7) is 4.09. The zero-order valence-corrected chi connectivity index (χ0v) is 13.7. The molecule has 0 spiro atoms. The van der Waals surface area contributed by atoms with Crippen molar-refractivity contribution in [3.8, 4) is 0 Å². The van der Waals surface area contributed by atoms with Gasteiger partial charge in [0, 0.05) is 12.1 Å². The van der Waals surface area contributed by atoms with E-state index in [1.807, 2.05) is 24.5 Å². The van der Waals surface area contributed by atoms with E-state index >= 15 is 0 Å². The van der Waals surface area contributed by atoms with Crippen LogP contribution >= 0.6 is 27.5 Å². The molecule has 0 radical (unpaired) electrons. The second-order valence-electron chi connectivity index (χ2n) is 4.86. The Balaban J connectivity index is 2.17. The fourth-order valence-electron chi connectivity index (χ4n) is 2.26. The van der Waals surface area contributed by atoms with Crippen molar-refractivity contribution in [3.05, 3.63) is 45.8 Å². The zero-order chi connectivity index (χ0) is 15.1. The van der Waals surface area contributed by atoms with Gasteiger partial charge < -0.3 is 9.09 Å². The van der Waals surface area contributed by atoms with Crippen LogP contribution in [0.3, 0.4) is 0 Å². The van der Waals surface area contributed by atoms with Gasteiger partial charge in [0.05, 0.1) is 33.1 Å². The van der Waals surface area contributed by atoms with Gasteiger partial charge in [-0.05, 0) is 35.8 Å². The van der Waals surface area contributed by atoms with E-state index < -0.39 is 0 Å². The predicted octanol–water partition coefficient (Wildman–Crippen LogP) is 4.58. The predicted molar refractivity (Wildman–Crippen MR) is 82.0 cm³/mol. The lowest BCUT2D eigenvalue weighted by molar-refractivity contribution is 0.372. The zero-order valence-electron chi connectivity index (χ0n) is 11.4. The quantitative estimate of drug-likeness (QED) is 0.632. The summed E-state index contributed by atoms with van der Waals surface area (Å²) in [5.41, 5.74) is 2.15. The van der Waals surface area contributed by atoms with Crippen LogP contribution in [0.4, 0.5) is 4.39 Å². The highest BCUT2D eigenvalue weighted by molar-refractivity contribution is 9.10. The van der Waals surface area contributed by atoms with E-state index in [0.29, 0.717) is 33.6 Å². The molecule has 0 N–H and O–H groups in total. The van der Waals surface area contributed by atoms with Crippen LogP contribution in [0.5, 0.6) is 0 Å². The summed E-state index contributed by atoms with van der Waals surface area (Å²) < 4.78 is 21.3.